The second-order valence-corrected chi connectivity index (χ2v) is 6.96. The summed E-state index contributed by atoms with van der Waals surface area (Å²) in [6.07, 6.45) is 0. The van der Waals surface area contributed by atoms with E-state index in [4.69, 9.17) is 9.47 Å². The third-order valence-electron chi connectivity index (χ3n) is 4.70. The number of likely N-dealkylation sites (N-methyl/N-ethyl adjacent to an activating group) is 1. The highest BCUT2D eigenvalue weighted by atomic mass is 16.6. The van der Waals surface area contributed by atoms with Crippen LogP contribution < -0.4 is 14.8 Å². The molecule has 0 fully saturated rings. The van der Waals surface area contributed by atoms with Gasteiger partial charge in [0, 0.05) is 25.2 Å². The number of nitrogens with one attached hydrogen (secondary N) is 1. The van der Waals surface area contributed by atoms with Gasteiger partial charge in [-0.1, -0.05) is 29.8 Å². The summed E-state index contributed by atoms with van der Waals surface area (Å²) in [5.74, 6) is -0.379. The second-order valence-electron chi connectivity index (χ2n) is 6.96. The van der Waals surface area contributed by atoms with Gasteiger partial charge in [0.25, 0.3) is 5.91 Å². The van der Waals surface area contributed by atoms with E-state index in [1.54, 1.807) is 6.92 Å². The summed E-state index contributed by atoms with van der Waals surface area (Å²) in [6.45, 7) is 5.79. The van der Waals surface area contributed by atoms with Crippen LogP contribution in [0.4, 0.5) is 5.69 Å². The molecular weight excluding hydrogens is 402 g/mol. The average molecular weight is 429 g/mol. The number of benzene rings is 2. The van der Waals surface area contributed by atoms with E-state index >= 15 is 0 Å². The van der Waals surface area contributed by atoms with Crippen LogP contribution in [0.5, 0.6) is 11.5 Å². The maximum Gasteiger partial charge on any atom is 0.311 e. The molecule has 0 aliphatic rings. The lowest BCUT2D eigenvalue weighted by Crippen LogP contribution is -2.49. The van der Waals surface area contributed by atoms with Gasteiger partial charge in [-0.05, 0) is 32.4 Å². The Bertz CT molecular complexity index is 929. The lowest BCUT2D eigenvalue weighted by Gasteiger charge is -2.28. The molecule has 31 heavy (non-hydrogen) atoms. The van der Waals surface area contributed by atoms with Crippen molar-refractivity contribution in [3.05, 3.63) is 63.7 Å². The van der Waals surface area contributed by atoms with Crippen LogP contribution in [0.2, 0.25) is 0 Å². The van der Waals surface area contributed by atoms with Crippen LogP contribution in [0.15, 0.2) is 42.5 Å². The first-order chi connectivity index (χ1) is 14.8. The summed E-state index contributed by atoms with van der Waals surface area (Å²) in [5.41, 5.74) is 1.77. The second kappa shape index (κ2) is 11.0. The zero-order valence-corrected chi connectivity index (χ0v) is 18.1. The van der Waals surface area contributed by atoms with Crippen LogP contribution in [0.1, 0.15) is 25.0 Å². The molecule has 9 nitrogen and oxygen atoms in total. The van der Waals surface area contributed by atoms with Gasteiger partial charge in [-0.25, -0.2) is 0 Å². The topological polar surface area (TPSA) is 111 Å². The third-order valence-corrected chi connectivity index (χ3v) is 4.70. The van der Waals surface area contributed by atoms with Crippen molar-refractivity contribution < 1.29 is 24.0 Å². The number of hydrogen-bond acceptors (Lipinski definition) is 6. The van der Waals surface area contributed by atoms with Crippen LogP contribution >= 0.6 is 0 Å². The molecule has 0 aliphatic heterocycles. The molecule has 9 heteroatoms. The monoisotopic (exact) mass is 429 g/mol. The molecule has 0 aromatic heterocycles. The maximum atomic E-state index is 12.9. The third kappa shape index (κ3) is 6.43. The zero-order chi connectivity index (χ0) is 23.0. The number of nitro benzene ring substituents is 1. The Hall–Kier alpha value is -3.62. The summed E-state index contributed by atoms with van der Waals surface area (Å²) >= 11 is 0. The SMILES string of the molecule is CCNC(=O)[C@@H](C)N(Cc1ccc(C)cc1)C(=O)COc1ccc([N+](=O)[O-])c(OC)c1. The van der Waals surface area contributed by atoms with Crippen LogP contribution in [-0.2, 0) is 16.1 Å². The highest BCUT2D eigenvalue weighted by Crippen LogP contribution is 2.30. The Morgan fingerprint density at radius 3 is 2.45 bits per heavy atom. The minimum absolute atomic E-state index is 0.0298. The lowest BCUT2D eigenvalue weighted by molar-refractivity contribution is -0.385. The maximum absolute atomic E-state index is 12.9. The van der Waals surface area contributed by atoms with Crippen molar-refractivity contribution in [3.8, 4) is 11.5 Å². The Labute approximate surface area is 181 Å². The molecule has 0 heterocycles. The number of hydrogen-bond donors (Lipinski definition) is 1. The molecular formula is C22H27N3O6. The smallest absolute Gasteiger partial charge is 0.311 e. The Morgan fingerprint density at radius 1 is 1.19 bits per heavy atom. The first kappa shape index (κ1) is 23.7. The zero-order valence-electron chi connectivity index (χ0n) is 18.1. The normalized spacial score (nSPS) is 11.4. The van der Waals surface area contributed by atoms with Gasteiger partial charge in [0.05, 0.1) is 12.0 Å². The Balaban J connectivity index is 2.17. The van der Waals surface area contributed by atoms with Gasteiger partial charge in [-0.3, -0.25) is 19.7 Å². The average Bonchev–Trinajstić information content (AvgIpc) is 2.76. The summed E-state index contributed by atoms with van der Waals surface area (Å²) in [6, 6.07) is 11.0. The molecule has 0 bridgehead atoms. The molecule has 2 aromatic carbocycles. The summed E-state index contributed by atoms with van der Waals surface area (Å²) < 4.78 is 10.6. The molecule has 166 valence electrons. The first-order valence-corrected chi connectivity index (χ1v) is 9.84. The van der Waals surface area contributed by atoms with Crippen LogP contribution in [-0.4, -0.2) is 47.9 Å². The number of aryl methyl sites for hydroxylation is 1. The van der Waals surface area contributed by atoms with E-state index in [0.29, 0.717) is 6.54 Å². The first-order valence-electron chi connectivity index (χ1n) is 9.84. The summed E-state index contributed by atoms with van der Waals surface area (Å²) in [4.78, 5) is 37.2. The van der Waals surface area contributed by atoms with Crippen LogP contribution in [0.3, 0.4) is 0 Å². The number of carbonyl (C=O) groups is 2. The number of carbonyl (C=O) groups excluding carboxylic acids is 2. The van der Waals surface area contributed by atoms with E-state index in [0.717, 1.165) is 11.1 Å². The van der Waals surface area contributed by atoms with Crippen molar-refractivity contribution in [2.75, 3.05) is 20.3 Å². The van der Waals surface area contributed by atoms with E-state index in [-0.39, 0.29) is 36.2 Å². The Kier molecular flexibility index (Phi) is 8.36. The number of methoxy groups -OCH3 is 1. The Morgan fingerprint density at radius 2 is 1.87 bits per heavy atom. The van der Waals surface area contributed by atoms with E-state index in [1.165, 1.54) is 30.2 Å². The fourth-order valence-corrected chi connectivity index (χ4v) is 2.92. The molecule has 1 N–H and O–H groups in total. The fourth-order valence-electron chi connectivity index (χ4n) is 2.92. The van der Waals surface area contributed by atoms with Crippen LogP contribution in [0, 0.1) is 17.0 Å². The van der Waals surface area contributed by atoms with E-state index in [2.05, 4.69) is 5.32 Å². The van der Waals surface area contributed by atoms with Crippen molar-refractivity contribution in [3.63, 3.8) is 0 Å². The van der Waals surface area contributed by atoms with Gasteiger partial charge < -0.3 is 19.7 Å². The molecule has 2 aromatic rings. The standard InChI is InChI=1S/C22H27N3O6/c1-5-23-22(27)16(3)24(13-17-8-6-15(2)7-9-17)21(26)14-31-18-10-11-19(25(28)29)20(12-18)30-4/h6-12,16H,5,13-14H2,1-4H3,(H,23,27)/t16-/m1/s1. The molecule has 0 saturated carbocycles. The molecule has 0 aliphatic carbocycles. The van der Waals surface area contributed by atoms with E-state index in [9.17, 15) is 19.7 Å². The molecule has 0 unspecified atom stereocenters. The number of rotatable bonds is 10. The number of nitrogens with zero attached hydrogens (tertiary/aromatic N) is 2. The molecule has 2 rings (SSSR count). The summed E-state index contributed by atoms with van der Waals surface area (Å²) in [5, 5.41) is 13.7. The predicted octanol–water partition coefficient (Wildman–Crippen LogP) is 2.84. The predicted molar refractivity (Wildman–Crippen MR) is 115 cm³/mol. The molecule has 2 amide bonds. The number of nitro groups is 1. The van der Waals surface area contributed by atoms with E-state index < -0.39 is 16.9 Å². The highest BCUT2D eigenvalue weighted by molar-refractivity contribution is 5.87. The fraction of sp³-hybridized carbons (Fsp3) is 0.364. The lowest BCUT2D eigenvalue weighted by atomic mass is 10.1. The minimum atomic E-state index is -0.705. The molecule has 0 saturated heterocycles. The summed E-state index contributed by atoms with van der Waals surface area (Å²) in [7, 11) is 1.31. The van der Waals surface area contributed by atoms with E-state index in [1.807, 2.05) is 38.1 Å². The molecule has 0 radical (unpaired) electrons. The van der Waals surface area contributed by atoms with Gasteiger partial charge in [0.2, 0.25) is 11.7 Å². The van der Waals surface area contributed by atoms with Crippen molar-refractivity contribution in [1.29, 1.82) is 0 Å². The molecule has 1 atom stereocenters. The van der Waals surface area contributed by atoms with Crippen molar-refractivity contribution in [1.82, 2.24) is 10.2 Å². The quantitative estimate of drug-likeness (QED) is 0.459. The van der Waals surface area contributed by atoms with Crippen molar-refractivity contribution in [2.45, 2.75) is 33.4 Å². The molecule has 0 spiro atoms. The highest BCUT2D eigenvalue weighted by Gasteiger charge is 2.26. The number of ether oxygens (including phenoxy) is 2. The van der Waals surface area contributed by atoms with Gasteiger partial charge in [-0.15, -0.1) is 0 Å². The van der Waals surface area contributed by atoms with Gasteiger partial charge >= 0.3 is 5.69 Å². The van der Waals surface area contributed by atoms with Gasteiger partial charge in [0.1, 0.15) is 11.8 Å². The number of amides is 2. The van der Waals surface area contributed by atoms with Crippen molar-refractivity contribution in [2.24, 2.45) is 0 Å². The van der Waals surface area contributed by atoms with Crippen molar-refractivity contribution >= 4 is 17.5 Å². The van der Waals surface area contributed by atoms with Gasteiger partial charge in [0.15, 0.2) is 6.61 Å². The van der Waals surface area contributed by atoms with Crippen LogP contribution in [0.25, 0.3) is 0 Å². The largest absolute Gasteiger partial charge is 0.490 e. The van der Waals surface area contributed by atoms with Gasteiger partial charge in [-0.2, -0.15) is 0 Å². The minimum Gasteiger partial charge on any atom is -0.490 e.